The molecule has 1 amide bonds. The predicted octanol–water partition coefficient (Wildman–Crippen LogP) is 0.941. The Morgan fingerprint density at radius 1 is 1.55 bits per heavy atom. The molecule has 0 spiro atoms. The number of amides is 1. The first-order chi connectivity index (χ1) is 10.3. The minimum Gasteiger partial charge on any atom is -0.480 e. The Morgan fingerprint density at radius 3 is 2.68 bits per heavy atom. The van der Waals surface area contributed by atoms with E-state index in [1.165, 1.54) is 12.3 Å². The first-order valence-electron chi connectivity index (χ1n) is 7.05. The van der Waals surface area contributed by atoms with E-state index in [4.69, 9.17) is 0 Å². The fourth-order valence-corrected chi connectivity index (χ4v) is 2.64. The van der Waals surface area contributed by atoms with Crippen molar-refractivity contribution in [3.05, 3.63) is 22.4 Å². The van der Waals surface area contributed by atoms with Crippen LogP contribution in [0.1, 0.15) is 32.6 Å². The largest absolute Gasteiger partial charge is 0.480 e. The van der Waals surface area contributed by atoms with Crippen LogP contribution in [0, 0.1) is 16.0 Å². The molecule has 22 heavy (non-hydrogen) atoms. The van der Waals surface area contributed by atoms with Crippen LogP contribution in [-0.2, 0) is 16.1 Å². The van der Waals surface area contributed by atoms with Gasteiger partial charge in [0.2, 0.25) is 5.91 Å². The lowest BCUT2D eigenvalue weighted by molar-refractivity contribution is -0.389. The molecule has 0 unspecified atom stereocenters. The lowest BCUT2D eigenvalue weighted by atomic mass is 9.77. The third-order valence-electron chi connectivity index (χ3n) is 4.04. The van der Waals surface area contributed by atoms with Crippen molar-refractivity contribution in [2.45, 2.75) is 44.7 Å². The molecule has 0 aliphatic heterocycles. The molecule has 0 bridgehead atoms. The summed E-state index contributed by atoms with van der Waals surface area (Å²) in [6, 6.07) is 1.18. The van der Waals surface area contributed by atoms with Crippen molar-refractivity contribution in [1.82, 2.24) is 15.1 Å². The van der Waals surface area contributed by atoms with Crippen molar-refractivity contribution in [3.8, 4) is 0 Å². The number of hydrogen-bond donors (Lipinski definition) is 2. The molecule has 2 N–H and O–H groups in total. The van der Waals surface area contributed by atoms with E-state index in [2.05, 4.69) is 17.3 Å². The van der Waals surface area contributed by atoms with Crippen LogP contribution in [0.15, 0.2) is 12.3 Å². The van der Waals surface area contributed by atoms with E-state index in [0.717, 1.165) is 17.5 Å². The second-order valence-electron chi connectivity index (χ2n) is 5.75. The zero-order valence-electron chi connectivity index (χ0n) is 12.2. The normalized spacial score (nSPS) is 24.7. The van der Waals surface area contributed by atoms with Gasteiger partial charge in [0.25, 0.3) is 0 Å². The number of carboxylic acid groups (broad SMARTS) is 1. The fourth-order valence-electron chi connectivity index (χ4n) is 2.64. The van der Waals surface area contributed by atoms with Gasteiger partial charge in [0.1, 0.15) is 12.1 Å². The van der Waals surface area contributed by atoms with E-state index in [0.29, 0.717) is 18.8 Å². The van der Waals surface area contributed by atoms with Gasteiger partial charge in [0, 0.05) is 0 Å². The maximum Gasteiger partial charge on any atom is 0.389 e. The van der Waals surface area contributed by atoms with Gasteiger partial charge >= 0.3 is 11.8 Å². The van der Waals surface area contributed by atoms with Gasteiger partial charge in [-0.15, -0.1) is 0 Å². The molecule has 1 aromatic heterocycles. The minimum absolute atomic E-state index is 0.252. The molecule has 0 radical (unpaired) electrons. The van der Waals surface area contributed by atoms with Crippen LogP contribution in [0.3, 0.4) is 0 Å². The molecule has 0 aromatic carbocycles. The van der Waals surface area contributed by atoms with E-state index < -0.39 is 22.3 Å². The van der Waals surface area contributed by atoms with Gasteiger partial charge in [-0.2, -0.15) is 4.68 Å². The van der Waals surface area contributed by atoms with E-state index in [9.17, 15) is 24.8 Å². The van der Waals surface area contributed by atoms with Crippen molar-refractivity contribution < 1.29 is 19.6 Å². The molecule has 1 aromatic rings. The van der Waals surface area contributed by atoms with Crippen LogP contribution < -0.4 is 5.32 Å². The number of aromatic nitrogens is 2. The van der Waals surface area contributed by atoms with E-state index in [1.54, 1.807) is 0 Å². The standard InChI is InChI=1S/C13H18N4O5/c1-9-2-5-13(6-3-9,12(19)20)14-11(18)8-16-7-4-10(15-16)17(21)22/h4,7,9H,2-3,5-6,8H2,1H3,(H,14,18)(H,19,20). The Hall–Kier alpha value is -2.45. The molecule has 0 saturated heterocycles. The number of carbonyl (C=O) groups is 2. The average molecular weight is 310 g/mol. The number of nitrogens with zero attached hydrogens (tertiary/aromatic N) is 3. The molecule has 9 nitrogen and oxygen atoms in total. The van der Waals surface area contributed by atoms with Crippen molar-refractivity contribution in [3.63, 3.8) is 0 Å². The molecule has 0 atom stereocenters. The van der Waals surface area contributed by atoms with Gasteiger partial charge in [0.05, 0.1) is 17.4 Å². The smallest absolute Gasteiger partial charge is 0.389 e. The topological polar surface area (TPSA) is 127 Å². The maximum absolute atomic E-state index is 12.0. The van der Waals surface area contributed by atoms with Crippen LogP contribution in [0.25, 0.3) is 0 Å². The molecule has 1 aliphatic carbocycles. The molecular formula is C13H18N4O5. The Labute approximate surface area is 126 Å². The summed E-state index contributed by atoms with van der Waals surface area (Å²) in [6.45, 7) is 1.80. The van der Waals surface area contributed by atoms with Crippen LogP contribution >= 0.6 is 0 Å². The Balaban J connectivity index is 2.02. The Bertz CT molecular complexity index is 589. The number of carbonyl (C=O) groups excluding carboxylic acids is 1. The zero-order valence-corrected chi connectivity index (χ0v) is 12.2. The van der Waals surface area contributed by atoms with Gasteiger partial charge in [-0.1, -0.05) is 6.92 Å². The average Bonchev–Trinajstić information content (AvgIpc) is 2.90. The highest BCUT2D eigenvalue weighted by molar-refractivity contribution is 5.87. The molecule has 2 rings (SSSR count). The van der Waals surface area contributed by atoms with Gasteiger partial charge in [-0.3, -0.25) is 4.79 Å². The summed E-state index contributed by atoms with van der Waals surface area (Å²) in [6.07, 6.45) is 3.55. The molecule has 1 fully saturated rings. The molecule has 9 heteroatoms. The quantitative estimate of drug-likeness (QED) is 0.615. The number of rotatable bonds is 5. The summed E-state index contributed by atoms with van der Waals surface area (Å²) in [5, 5.41) is 26.2. The zero-order chi connectivity index (χ0) is 16.3. The van der Waals surface area contributed by atoms with Crippen LogP contribution in [-0.4, -0.2) is 37.2 Å². The summed E-state index contributed by atoms with van der Waals surface area (Å²) >= 11 is 0. The summed E-state index contributed by atoms with van der Waals surface area (Å²) in [5.74, 6) is -1.47. The highest BCUT2D eigenvalue weighted by Gasteiger charge is 2.42. The number of aliphatic carboxylic acids is 1. The Morgan fingerprint density at radius 2 is 2.18 bits per heavy atom. The number of nitro groups is 1. The third-order valence-corrected chi connectivity index (χ3v) is 4.04. The van der Waals surface area contributed by atoms with Crippen molar-refractivity contribution in [2.24, 2.45) is 5.92 Å². The molecular weight excluding hydrogens is 292 g/mol. The summed E-state index contributed by atoms with van der Waals surface area (Å²) < 4.78 is 1.12. The first kappa shape index (κ1) is 15.9. The summed E-state index contributed by atoms with van der Waals surface area (Å²) in [7, 11) is 0. The highest BCUT2D eigenvalue weighted by atomic mass is 16.6. The van der Waals surface area contributed by atoms with Gasteiger partial charge < -0.3 is 20.5 Å². The first-order valence-corrected chi connectivity index (χ1v) is 7.05. The lowest BCUT2D eigenvalue weighted by Gasteiger charge is -2.36. The van der Waals surface area contributed by atoms with E-state index in [1.807, 2.05) is 0 Å². The minimum atomic E-state index is -1.25. The lowest BCUT2D eigenvalue weighted by Crippen LogP contribution is -2.56. The van der Waals surface area contributed by atoms with E-state index in [-0.39, 0.29) is 12.4 Å². The SMILES string of the molecule is CC1CCC(NC(=O)Cn2ccc([N+](=O)[O-])n2)(C(=O)O)CC1. The summed E-state index contributed by atoms with van der Waals surface area (Å²) in [4.78, 5) is 33.5. The van der Waals surface area contributed by atoms with Crippen molar-refractivity contribution in [2.75, 3.05) is 0 Å². The summed E-state index contributed by atoms with van der Waals surface area (Å²) in [5.41, 5.74) is -1.25. The number of nitrogens with one attached hydrogen (secondary N) is 1. The van der Waals surface area contributed by atoms with Crippen molar-refractivity contribution in [1.29, 1.82) is 0 Å². The third kappa shape index (κ3) is 3.41. The highest BCUT2D eigenvalue weighted by Crippen LogP contribution is 2.32. The predicted molar refractivity (Wildman–Crippen MR) is 75.0 cm³/mol. The van der Waals surface area contributed by atoms with Gasteiger partial charge in [-0.05, 0) is 36.5 Å². The fraction of sp³-hybridized carbons (Fsp3) is 0.615. The molecule has 120 valence electrons. The number of carboxylic acids is 1. The maximum atomic E-state index is 12.0. The van der Waals surface area contributed by atoms with E-state index >= 15 is 0 Å². The monoisotopic (exact) mass is 310 g/mol. The molecule has 1 heterocycles. The van der Waals surface area contributed by atoms with Crippen LogP contribution in [0.5, 0.6) is 0 Å². The molecule has 1 aliphatic rings. The van der Waals surface area contributed by atoms with Crippen LogP contribution in [0.4, 0.5) is 5.82 Å². The van der Waals surface area contributed by atoms with Crippen LogP contribution in [0.2, 0.25) is 0 Å². The van der Waals surface area contributed by atoms with Gasteiger partial charge in [-0.25, -0.2) is 4.79 Å². The van der Waals surface area contributed by atoms with Gasteiger partial charge in [0.15, 0.2) is 0 Å². The molecule has 1 saturated carbocycles. The second kappa shape index (κ2) is 6.12. The van der Waals surface area contributed by atoms with Crippen molar-refractivity contribution >= 4 is 17.7 Å². The Kier molecular flexibility index (Phi) is 4.43. The second-order valence-corrected chi connectivity index (χ2v) is 5.75. The number of hydrogen-bond acceptors (Lipinski definition) is 5.